The molecule has 1 heterocycles. The lowest BCUT2D eigenvalue weighted by atomic mass is 10.1. The number of nitrogens with zero attached hydrogens (tertiary/aromatic N) is 1. The van der Waals surface area contributed by atoms with Gasteiger partial charge in [0.15, 0.2) is 11.5 Å². The van der Waals surface area contributed by atoms with Crippen LogP contribution in [0.15, 0.2) is 78.9 Å². The van der Waals surface area contributed by atoms with Crippen molar-refractivity contribution >= 4 is 38.8 Å². The SMILES string of the molecule is CCOc1cc(CNc2ccc(-c3nc4ccc(C)cc4s3)cc2)c(Cl)cc1OCc1ccccc1C. The molecule has 0 saturated heterocycles. The van der Waals surface area contributed by atoms with E-state index in [1.807, 2.05) is 31.2 Å². The van der Waals surface area contributed by atoms with Crippen LogP contribution in [-0.4, -0.2) is 11.6 Å². The molecule has 0 aliphatic carbocycles. The largest absolute Gasteiger partial charge is 0.490 e. The van der Waals surface area contributed by atoms with Crippen LogP contribution in [0.5, 0.6) is 11.5 Å². The van der Waals surface area contributed by atoms with Gasteiger partial charge in [0, 0.05) is 28.9 Å². The molecule has 1 aromatic heterocycles. The van der Waals surface area contributed by atoms with Crippen LogP contribution in [0.1, 0.15) is 29.2 Å². The average Bonchev–Trinajstić information content (AvgIpc) is 3.32. The molecule has 5 rings (SSSR count). The molecule has 6 heteroatoms. The van der Waals surface area contributed by atoms with Gasteiger partial charge in [0.05, 0.1) is 16.8 Å². The van der Waals surface area contributed by atoms with Gasteiger partial charge in [0.1, 0.15) is 11.6 Å². The first-order valence-electron chi connectivity index (χ1n) is 12.3. The van der Waals surface area contributed by atoms with E-state index in [0.29, 0.717) is 36.3 Å². The Morgan fingerprint density at radius 1 is 0.865 bits per heavy atom. The number of anilines is 1. The Kier molecular flexibility index (Phi) is 7.63. The van der Waals surface area contributed by atoms with Crippen LogP contribution in [0.2, 0.25) is 5.02 Å². The summed E-state index contributed by atoms with van der Waals surface area (Å²) in [5.41, 5.74) is 7.68. The highest BCUT2D eigenvalue weighted by molar-refractivity contribution is 7.21. The number of aryl methyl sites for hydroxylation is 2. The van der Waals surface area contributed by atoms with Crippen molar-refractivity contribution < 1.29 is 9.47 Å². The van der Waals surface area contributed by atoms with Crippen LogP contribution >= 0.6 is 22.9 Å². The van der Waals surface area contributed by atoms with Crippen LogP contribution in [-0.2, 0) is 13.2 Å². The quantitative estimate of drug-likeness (QED) is 0.207. The Bertz CT molecular complexity index is 1530. The Morgan fingerprint density at radius 3 is 2.43 bits per heavy atom. The molecule has 0 atom stereocenters. The minimum atomic E-state index is 0.460. The third kappa shape index (κ3) is 5.90. The number of benzene rings is 4. The lowest BCUT2D eigenvalue weighted by Crippen LogP contribution is -2.04. The smallest absolute Gasteiger partial charge is 0.163 e. The van der Waals surface area contributed by atoms with Gasteiger partial charge in [-0.05, 0) is 85.5 Å². The number of rotatable bonds is 9. The highest BCUT2D eigenvalue weighted by atomic mass is 35.5. The Morgan fingerprint density at radius 2 is 1.65 bits per heavy atom. The number of hydrogen-bond acceptors (Lipinski definition) is 5. The number of thiazole rings is 1. The minimum Gasteiger partial charge on any atom is -0.490 e. The topological polar surface area (TPSA) is 43.4 Å². The maximum absolute atomic E-state index is 6.65. The van der Waals surface area contributed by atoms with E-state index in [1.165, 1.54) is 15.8 Å². The van der Waals surface area contributed by atoms with Gasteiger partial charge in [-0.25, -0.2) is 4.98 Å². The van der Waals surface area contributed by atoms with Crippen molar-refractivity contribution in [2.75, 3.05) is 11.9 Å². The summed E-state index contributed by atoms with van der Waals surface area (Å²) < 4.78 is 13.2. The lowest BCUT2D eigenvalue weighted by Gasteiger charge is -2.16. The number of aromatic nitrogens is 1. The van der Waals surface area contributed by atoms with Crippen molar-refractivity contribution in [2.45, 2.75) is 33.9 Å². The van der Waals surface area contributed by atoms with E-state index in [1.54, 1.807) is 11.3 Å². The number of nitrogens with one attached hydrogen (secondary N) is 1. The molecule has 188 valence electrons. The molecule has 0 unspecified atom stereocenters. The standard InChI is InChI=1S/C31H29ClN2O2S/c1-4-35-28-16-24(26(32)17-29(28)36-19-23-8-6-5-7-21(23)3)18-33-25-12-10-22(11-13-25)31-34-27-14-9-20(2)15-30(27)37-31/h5-17,33H,4,18-19H2,1-3H3. The fraction of sp³-hybridized carbons (Fsp3) is 0.194. The van der Waals surface area contributed by atoms with E-state index in [4.69, 9.17) is 26.1 Å². The second kappa shape index (κ2) is 11.2. The molecule has 5 aromatic rings. The maximum Gasteiger partial charge on any atom is 0.163 e. The molecule has 0 radical (unpaired) electrons. The molecule has 1 N–H and O–H groups in total. The normalized spacial score (nSPS) is 11.0. The van der Waals surface area contributed by atoms with Gasteiger partial charge in [0.2, 0.25) is 0 Å². The molecule has 0 aliphatic rings. The molecule has 0 amide bonds. The molecule has 0 saturated carbocycles. The molecule has 4 nitrogen and oxygen atoms in total. The summed E-state index contributed by atoms with van der Waals surface area (Å²) in [6.07, 6.45) is 0. The van der Waals surface area contributed by atoms with E-state index in [-0.39, 0.29) is 0 Å². The average molecular weight is 529 g/mol. The number of hydrogen-bond donors (Lipinski definition) is 1. The summed E-state index contributed by atoms with van der Waals surface area (Å²) in [7, 11) is 0. The van der Waals surface area contributed by atoms with Crippen LogP contribution in [0, 0.1) is 13.8 Å². The van der Waals surface area contributed by atoms with Crippen molar-refractivity contribution in [3.63, 3.8) is 0 Å². The van der Waals surface area contributed by atoms with Crippen molar-refractivity contribution in [1.82, 2.24) is 4.98 Å². The van der Waals surface area contributed by atoms with Crippen LogP contribution in [0.25, 0.3) is 20.8 Å². The van der Waals surface area contributed by atoms with E-state index in [9.17, 15) is 0 Å². The molecule has 37 heavy (non-hydrogen) atoms. The van der Waals surface area contributed by atoms with E-state index >= 15 is 0 Å². The van der Waals surface area contributed by atoms with Gasteiger partial charge in [-0.2, -0.15) is 0 Å². The second-order valence-electron chi connectivity index (χ2n) is 8.96. The summed E-state index contributed by atoms with van der Waals surface area (Å²) in [5.74, 6) is 1.34. The Balaban J connectivity index is 1.27. The van der Waals surface area contributed by atoms with Crippen molar-refractivity contribution in [2.24, 2.45) is 0 Å². The summed E-state index contributed by atoms with van der Waals surface area (Å²) in [6.45, 7) is 7.72. The minimum absolute atomic E-state index is 0.460. The van der Waals surface area contributed by atoms with Gasteiger partial charge in [0.25, 0.3) is 0 Å². The predicted molar refractivity (Wildman–Crippen MR) is 155 cm³/mol. The number of ether oxygens (including phenoxy) is 2. The van der Waals surface area contributed by atoms with Crippen LogP contribution in [0.4, 0.5) is 5.69 Å². The van der Waals surface area contributed by atoms with Crippen LogP contribution in [0.3, 0.4) is 0 Å². The van der Waals surface area contributed by atoms with Crippen molar-refractivity contribution in [1.29, 1.82) is 0 Å². The van der Waals surface area contributed by atoms with E-state index in [2.05, 4.69) is 73.8 Å². The maximum atomic E-state index is 6.65. The second-order valence-corrected chi connectivity index (χ2v) is 10.4. The predicted octanol–water partition coefficient (Wildman–Crippen LogP) is 8.82. The molecule has 4 aromatic carbocycles. The first-order valence-corrected chi connectivity index (χ1v) is 13.5. The summed E-state index contributed by atoms with van der Waals surface area (Å²) in [6, 6.07) is 26.7. The van der Waals surface area contributed by atoms with Gasteiger partial charge in [-0.3, -0.25) is 0 Å². The molecule has 0 fully saturated rings. The molecule has 0 bridgehead atoms. The van der Waals surface area contributed by atoms with Crippen LogP contribution < -0.4 is 14.8 Å². The summed E-state index contributed by atoms with van der Waals surface area (Å²) in [4.78, 5) is 4.79. The van der Waals surface area contributed by atoms with E-state index < -0.39 is 0 Å². The summed E-state index contributed by atoms with van der Waals surface area (Å²) in [5, 5.41) is 5.13. The Hall–Kier alpha value is -3.54. The molecular formula is C31H29ClN2O2S. The van der Waals surface area contributed by atoms with Gasteiger partial charge in [-0.15, -0.1) is 11.3 Å². The fourth-order valence-corrected chi connectivity index (χ4v) is 5.39. The van der Waals surface area contributed by atoms with Gasteiger partial charge < -0.3 is 14.8 Å². The molecule has 0 spiro atoms. The number of halogens is 1. The molecule has 0 aliphatic heterocycles. The van der Waals surface area contributed by atoms with Crippen molar-refractivity contribution in [3.05, 3.63) is 106 Å². The monoisotopic (exact) mass is 528 g/mol. The highest BCUT2D eigenvalue weighted by Crippen LogP contribution is 2.35. The highest BCUT2D eigenvalue weighted by Gasteiger charge is 2.13. The third-order valence-electron chi connectivity index (χ3n) is 6.22. The molecular weight excluding hydrogens is 500 g/mol. The van der Waals surface area contributed by atoms with Gasteiger partial charge in [-0.1, -0.05) is 41.9 Å². The van der Waals surface area contributed by atoms with Gasteiger partial charge >= 0.3 is 0 Å². The van der Waals surface area contributed by atoms with Crippen molar-refractivity contribution in [3.8, 4) is 22.1 Å². The lowest BCUT2D eigenvalue weighted by molar-refractivity contribution is 0.268. The third-order valence-corrected chi connectivity index (χ3v) is 7.63. The zero-order valence-corrected chi connectivity index (χ0v) is 22.7. The van der Waals surface area contributed by atoms with E-state index in [0.717, 1.165) is 32.9 Å². The number of fused-ring (bicyclic) bond motifs is 1. The Labute approximate surface area is 226 Å². The zero-order valence-electron chi connectivity index (χ0n) is 21.2. The summed E-state index contributed by atoms with van der Waals surface area (Å²) >= 11 is 8.37. The first-order chi connectivity index (χ1) is 18.0. The first kappa shape index (κ1) is 25.1. The fourth-order valence-electron chi connectivity index (χ4n) is 4.10. The zero-order chi connectivity index (χ0) is 25.8.